The fourth-order valence-corrected chi connectivity index (χ4v) is 5.39. The number of carbonyl (C=O) groups is 2. The van der Waals surface area contributed by atoms with Gasteiger partial charge in [0, 0.05) is 31.2 Å². The molecule has 278 valence electrons. The number of halogens is 6. The molecule has 3 aromatic rings. The molecule has 51 heavy (non-hydrogen) atoms. The first kappa shape index (κ1) is 39.0. The Labute approximate surface area is 289 Å². The van der Waals surface area contributed by atoms with Crippen molar-refractivity contribution < 1.29 is 60.0 Å². The molecule has 11 nitrogen and oxygen atoms in total. The molecule has 0 fully saturated rings. The molecular weight excluding hydrogens is 690 g/mol. The molecule has 1 aliphatic rings. The maximum atomic E-state index is 13.7. The molecule has 2 atom stereocenters. The van der Waals surface area contributed by atoms with E-state index in [1.54, 1.807) is 6.07 Å². The molecule has 0 spiro atoms. The van der Waals surface area contributed by atoms with Crippen LogP contribution in [-0.4, -0.2) is 67.2 Å². The van der Waals surface area contributed by atoms with Gasteiger partial charge in [-0.1, -0.05) is 6.92 Å². The van der Waals surface area contributed by atoms with E-state index >= 15 is 0 Å². The van der Waals surface area contributed by atoms with Gasteiger partial charge >= 0.3 is 24.4 Å². The maximum absolute atomic E-state index is 13.7. The Bertz CT molecular complexity index is 1690. The van der Waals surface area contributed by atoms with E-state index in [0.29, 0.717) is 29.9 Å². The Balaban J connectivity index is 1.77. The van der Waals surface area contributed by atoms with E-state index in [4.69, 9.17) is 18.9 Å². The number of pyridine rings is 2. The minimum Gasteiger partial charge on any atom is -0.490 e. The summed E-state index contributed by atoms with van der Waals surface area (Å²) < 4.78 is 104. The van der Waals surface area contributed by atoms with Crippen molar-refractivity contribution in [1.29, 1.82) is 0 Å². The number of benzene rings is 1. The van der Waals surface area contributed by atoms with Crippen LogP contribution < -0.4 is 19.7 Å². The number of methoxy groups -OCH3 is 2. The van der Waals surface area contributed by atoms with Crippen molar-refractivity contribution in [1.82, 2.24) is 9.97 Å². The van der Waals surface area contributed by atoms with Crippen molar-refractivity contribution in [3.8, 4) is 11.6 Å². The summed E-state index contributed by atoms with van der Waals surface area (Å²) in [6.07, 6.45) is -9.31. The third-order valence-electron chi connectivity index (χ3n) is 8.20. The van der Waals surface area contributed by atoms with Gasteiger partial charge in [-0.2, -0.15) is 26.3 Å². The second-order valence-corrected chi connectivity index (χ2v) is 12.5. The van der Waals surface area contributed by atoms with Crippen LogP contribution in [0.15, 0.2) is 42.6 Å². The van der Waals surface area contributed by atoms with Crippen molar-refractivity contribution >= 4 is 23.6 Å². The Kier molecular flexibility index (Phi) is 11.9. The van der Waals surface area contributed by atoms with Crippen molar-refractivity contribution in [2.24, 2.45) is 5.41 Å². The maximum Gasteiger partial charge on any atom is 0.416 e. The number of hydrogen-bond acceptors (Lipinski definition) is 9. The summed E-state index contributed by atoms with van der Waals surface area (Å²) in [5.41, 5.74) is -3.70. The van der Waals surface area contributed by atoms with E-state index in [1.807, 2.05) is 6.92 Å². The molecule has 0 radical (unpaired) electrons. The van der Waals surface area contributed by atoms with Gasteiger partial charge in [-0.25, -0.2) is 14.8 Å². The number of amides is 1. The fourth-order valence-electron chi connectivity index (χ4n) is 5.39. The van der Waals surface area contributed by atoms with E-state index in [0.717, 1.165) is 0 Å². The standard InChI is InChI=1S/C34H38F6N4O7/c1-6-23-16-25(28-26(7-8-27(43-28)49-5)44(23)31(47)51-18-32(2,3)30(45)46)42-29-20(14-24(17-41-29)50-10-9-48-4)11-19-12-21(33(35,36)37)15-22(13-19)34(38,39)40/h7-8,12-15,17,23,25H,6,9-11,16,18H2,1-5H3,(H,41,42)(H,45,46)/t23-,25+/m1/s1. The molecular formula is C34H38F6N4O7. The first-order valence-corrected chi connectivity index (χ1v) is 15.8. The molecule has 17 heteroatoms. The Morgan fingerprint density at radius 1 is 1.00 bits per heavy atom. The highest BCUT2D eigenvalue weighted by Gasteiger charge is 2.40. The molecule has 2 N–H and O–H groups in total. The van der Waals surface area contributed by atoms with E-state index in [-0.39, 0.29) is 54.3 Å². The third kappa shape index (κ3) is 9.51. The average Bonchev–Trinajstić information content (AvgIpc) is 3.07. The summed E-state index contributed by atoms with van der Waals surface area (Å²) in [5.74, 6) is -0.649. The van der Waals surface area contributed by atoms with Gasteiger partial charge < -0.3 is 29.4 Å². The molecule has 0 saturated heterocycles. The Morgan fingerprint density at radius 3 is 2.24 bits per heavy atom. The predicted octanol–water partition coefficient (Wildman–Crippen LogP) is 7.53. The number of carbonyl (C=O) groups excluding carboxylic acids is 1. The second kappa shape index (κ2) is 15.6. The smallest absolute Gasteiger partial charge is 0.416 e. The Morgan fingerprint density at radius 2 is 1.67 bits per heavy atom. The van der Waals surface area contributed by atoms with Gasteiger partial charge in [0.25, 0.3) is 0 Å². The van der Waals surface area contributed by atoms with Crippen molar-refractivity contribution in [3.05, 3.63) is 70.5 Å². The van der Waals surface area contributed by atoms with E-state index in [9.17, 15) is 41.0 Å². The van der Waals surface area contributed by atoms with Gasteiger partial charge in [0.15, 0.2) is 0 Å². The highest BCUT2D eigenvalue weighted by Crippen LogP contribution is 2.42. The molecule has 0 unspecified atom stereocenters. The molecule has 1 aliphatic heterocycles. The number of ether oxygens (including phenoxy) is 4. The van der Waals surface area contributed by atoms with Crippen LogP contribution in [0.1, 0.15) is 67.6 Å². The Hall–Kier alpha value is -4.80. The lowest BCUT2D eigenvalue weighted by Gasteiger charge is -2.40. The SMILES string of the molecule is CC[C@@H]1C[C@H](Nc2ncc(OCCOC)cc2Cc2cc(C(F)(F)F)cc(C(F)(F)F)c2)c2nc(OC)ccc2N1C(=O)OCC(C)(C)C(=O)O. The number of anilines is 2. The summed E-state index contributed by atoms with van der Waals surface area (Å²) >= 11 is 0. The molecule has 1 amide bonds. The molecule has 2 aromatic heterocycles. The molecule has 0 aliphatic carbocycles. The van der Waals surface area contributed by atoms with Crippen LogP contribution >= 0.6 is 0 Å². The van der Waals surface area contributed by atoms with Crippen LogP contribution in [0.5, 0.6) is 11.6 Å². The van der Waals surface area contributed by atoms with Crippen molar-refractivity contribution in [2.45, 2.75) is 64.5 Å². The summed E-state index contributed by atoms with van der Waals surface area (Å²) in [4.78, 5) is 35.4. The number of alkyl halides is 6. The first-order valence-electron chi connectivity index (χ1n) is 15.8. The number of rotatable bonds is 13. The van der Waals surface area contributed by atoms with Crippen LogP contribution in [0, 0.1) is 5.41 Å². The van der Waals surface area contributed by atoms with Crippen LogP contribution in [0.4, 0.5) is 42.6 Å². The minimum absolute atomic E-state index is 0.0630. The van der Waals surface area contributed by atoms with Gasteiger partial charge in [0.1, 0.15) is 24.8 Å². The van der Waals surface area contributed by atoms with Crippen molar-refractivity contribution in [2.75, 3.05) is 44.3 Å². The van der Waals surface area contributed by atoms with Crippen LogP contribution in [0.3, 0.4) is 0 Å². The number of nitrogens with zero attached hydrogens (tertiary/aromatic N) is 3. The van der Waals surface area contributed by atoms with Crippen LogP contribution in [0.25, 0.3) is 0 Å². The normalized spacial score (nSPS) is 16.3. The molecule has 1 aromatic carbocycles. The van der Waals surface area contributed by atoms with E-state index in [1.165, 1.54) is 51.3 Å². The number of hydrogen-bond donors (Lipinski definition) is 2. The average molecular weight is 729 g/mol. The highest BCUT2D eigenvalue weighted by molar-refractivity contribution is 5.90. The topological polar surface area (TPSA) is 132 Å². The lowest BCUT2D eigenvalue weighted by Crippen LogP contribution is -2.47. The largest absolute Gasteiger partial charge is 0.490 e. The van der Waals surface area contributed by atoms with Gasteiger partial charge in [-0.15, -0.1) is 0 Å². The molecule has 4 rings (SSSR count). The number of fused-ring (bicyclic) bond motifs is 1. The minimum atomic E-state index is -5.04. The summed E-state index contributed by atoms with van der Waals surface area (Å²) in [6, 6.07) is 4.74. The predicted molar refractivity (Wildman–Crippen MR) is 172 cm³/mol. The quantitative estimate of drug-likeness (QED) is 0.135. The number of carboxylic acids is 1. The number of carboxylic acid groups (broad SMARTS) is 1. The zero-order valence-corrected chi connectivity index (χ0v) is 28.4. The van der Waals surface area contributed by atoms with Gasteiger partial charge in [0.2, 0.25) is 5.88 Å². The van der Waals surface area contributed by atoms with Gasteiger partial charge in [-0.3, -0.25) is 9.69 Å². The number of aliphatic carboxylic acids is 1. The van der Waals surface area contributed by atoms with E-state index in [2.05, 4.69) is 15.3 Å². The highest BCUT2D eigenvalue weighted by atomic mass is 19.4. The summed E-state index contributed by atoms with van der Waals surface area (Å²) in [5, 5.41) is 12.7. The summed E-state index contributed by atoms with van der Waals surface area (Å²) in [7, 11) is 2.85. The van der Waals surface area contributed by atoms with Crippen LogP contribution in [0.2, 0.25) is 0 Å². The van der Waals surface area contributed by atoms with Crippen molar-refractivity contribution in [3.63, 3.8) is 0 Å². The fraction of sp³-hybridized carbons (Fsp3) is 0.471. The second-order valence-electron chi connectivity index (χ2n) is 12.5. The van der Waals surface area contributed by atoms with Gasteiger partial charge in [-0.05, 0) is 62.6 Å². The number of nitrogens with one attached hydrogen (secondary N) is 1. The van der Waals surface area contributed by atoms with E-state index < -0.39 is 66.1 Å². The molecule has 0 bridgehead atoms. The lowest BCUT2D eigenvalue weighted by molar-refractivity contribution is -0.149. The zero-order valence-electron chi connectivity index (χ0n) is 28.4. The lowest BCUT2D eigenvalue weighted by atomic mass is 9.93. The van der Waals surface area contributed by atoms with Crippen LogP contribution in [-0.2, 0) is 33.0 Å². The number of aromatic nitrogens is 2. The first-order chi connectivity index (χ1) is 23.9. The van der Waals surface area contributed by atoms with Gasteiger partial charge in [0.05, 0.1) is 53.9 Å². The monoisotopic (exact) mass is 728 g/mol. The molecule has 0 saturated carbocycles. The zero-order chi connectivity index (χ0) is 37.7. The third-order valence-corrected chi connectivity index (χ3v) is 8.20. The molecule has 3 heterocycles. The summed E-state index contributed by atoms with van der Waals surface area (Å²) in [6.45, 7) is 4.55.